The molecule has 0 radical (unpaired) electrons. The van der Waals surface area contributed by atoms with E-state index in [4.69, 9.17) is 14.2 Å². The number of fused-ring (bicyclic) bond motifs is 2. The zero-order valence-electron chi connectivity index (χ0n) is 14.4. The fourth-order valence-electron chi connectivity index (χ4n) is 3.08. The summed E-state index contributed by atoms with van der Waals surface area (Å²) in [6.45, 7) is 1.74. The van der Waals surface area contributed by atoms with E-state index in [0.717, 1.165) is 25.7 Å². The fraction of sp³-hybridized carbons (Fsp3) is 0.368. The van der Waals surface area contributed by atoms with Crippen molar-refractivity contribution in [2.75, 3.05) is 12.1 Å². The van der Waals surface area contributed by atoms with E-state index >= 15 is 0 Å². The highest BCUT2D eigenvalue weighted by Crippen LogP contribution is 2.34. The van der Waals surface area contributed by atoms with Gasteiger partial charge in [0.05, 0.1) is 0 Å². The number of thiophene rings is 1. The Hall–Kier alpha value is -2.54. The minimum Gasteiger partial charge on any atom is -0.454 e. The Morgan fingerprint density at radius 1 is 1.15 bits per heavy atom. The molecule has 0 saturated heterocycles. The second-order valence-electron chi connectivity index (χ2n) is 6.37. The van der Waals surface area contributed by atoms with E-state index in [1.807, 2.05) is 6.07 Å². The molecule has 0 bridgehead atoms. The molecule has 1 aliphatic carbocycles. The van der Waals surface area contributed by atoms with Gasteiger partial charge in [-0.3, -0.25) is 4.79 Å². The molecule has 0 spiro atoms. The van der Waals surface area contributed by atoms with E-state index in [1.54, 1.807) is 25.1 Å². The predicted octanol–water partition coefficient (Wildman–Crippen LogP) is 3.54. The number of amides is 1. The number of carbonyl (C=O) groups is 2. The summed E-state index contributed by atoms with van der Waals surface area (Å²) in [7, 11) is 0. The molecule has 26 heavy (non-hydrogen) atoms. The maximum atomic E-state index is 12.4. The third kappa shape index (κ3) is 3.39. The summed E-state index contributed by atoms with van der Waals surface area (Å²) < 4.78 is 15.9. The number of carbonyl (C=O) groups excluding carboxylic acids is 2. The van der Waals surface area contributed by atoms with Crippen LogP contribution in [0, 0.1) is 0 Å². The molecule has 2 aromatic rings. The second kappa shape index (κ2) is 6.99. The fourth-order valence-corrected chi connectivity index (χ4v) is 4.22. The topological polar surface area (TPSA) is 73.9 Å². The van der Waals surface area contributed by atoms with E-state index in [0.29, 0.717) is 22.1 Å². The molecule has 6 nitrogen and oxygen atoms in total. The Balaban J connectivity index is 1.37. The molecule has 1 aromatic heterocycles. The molecular formula is C19H19NO5S. The highest BCUT2D eigenvalue weighted by atomic mass is 32.1. The molecule has 7 heteroatoms. The molecule has 1 atom stereocenters. The van der Waals surface area contributed by atoms with Crippen LogP contribution in [0.5, 0.6) is 11.5 Å². The summed E-state index contributed by atoms with van der Waals surface area (Å²) in [4.78, 5) is 26.5. The predicted molar refractivity (Wildman–Crippen MR) is 97.0 cm³/mol. The molecule has 1 amide bonds. The van der Waals surface area contributed by atoms with Gasteiger partial charge in [0, 0.05) is 16.6 Å². The third-order valence-corrected chi connectivity index (χ3v) is 5.71. The van der Waals surface area contributed by atoms with Crippen molar-refractivity contribution in [1.29, 1.82) is 0 Å². The number of anilines is 1. The summed E-state index contributed by atoms with van der Waals surface area (Å²) in [5, 5.41) is 2.73. The molecule has 0 saturated carbocycles. The van der Waals surface area contributed by atoms with Crippen LogP contribution in [0.15, 0.2) is 24.3 Å². The lowest BCUT2D eigenvalue weighted by Gasteiger charge is -2.13. The van der Waals surface area contributed by atoms with Crippen LogP contribution in [0.25, 0.3) is 0 Å². The lowest BCUT2D eigenvalue weighted by molar-refractivity contribution is -0.123. The Morgan fingerprint density at radius 2 is 1.96 bits per heavy atom. The molecule has 0 unspecified atom stereocenters. The van der Waals surface area contributed by atoms with Crippen LogP contribution in [-0.4, -0.2) is 24.8 Å². The quantitative estimate of drug-likeness (QED) is 0.830. The molecule has 0 fully saturated rings. The first-order valence-corrected chi connectivity index (χ1v) is 9.45. The summed E-state index contributed by atoms with van der Waals surface area (Å²) in [6.07, 6.45) is 3.46. The molecule has 4 rings (SSSR count). The van der Waals surface area contributed by atoms with Gasteiger partial charge in [0.2, 0.25) is 6.79 Å². The van der Waals surface area contributed by atoms with Gasteiger partial charge in [-0.05, 0) is 56.4 Å². The number of esters is 1. The minimum absolute atomic E-state index is 0.172. The Morgan fingerprint density at radius 3 is 2.81 bits per heavy atom. The Labute approximate surface area is 155 Å². The van der Waals surface area contributed by atoms with Crippen LogP contribution in [0.2, 0.25) is 0 Å². The molecule has 2 heterocycles. The van der Waals surface area contributed by atoms with Crippen molar-refractivity contribution in [3.05, 3.63) is 39.6 Å². The molecular weight excluding hydrogens is 354 g/mol. The number of ether oxygens (including phenoxy) is 3. The Bertz CT molecular complexity index is 836. The van der Waals surface area contributed by atoms with Crippen molar-refractivity contribution in [2.45, 2.75) is 38.7 Å². The zero-order chi connectivity index (χ0) is 18.1. The van der Waals surface area contributed by atoms with E-state index < -0.39 is 18.0 Å². The minimum atomic E-state index is -0.896. The van der Waals surface area contributed by atoms with Gasteiger partial charge in [-0.15, -0.1) is 11.3 Å². The molecule has 2 aliphatic rings. The third-order valence-electron chi connectivity index (χ3n) is 4.49. The number of rotatable bonds is 4. The zero-order valence-corrected chi connectivity index (χ0v) is 15.2. The highest BCUT2D eigenvalue weighted by molar-refractivity contribution is 7.14. The standard InChI is InChI=1S/C19H19NO5S/c1-11(18(21)20-13-6-7-14-15(9-13)24-10-23-14)25-19(22)17-8-12-4-2-3-5-16(12)26-17/h6-9,11H,2-5,10H2,1H3,(H,20,21)/t11-/m0/s1. The number of hydrogen-bond acceptors (Lipinski definition) is 6. The monoisotopic (exact) mass is 373 g/mol. The van der Waals surface area contributed by atoms with Crippen LogP contribution >= 0.6 is 11.3 Å². The van der Waals surface area contributed by atoms with Crippen molar-refractivity contribution in [2.24, 2.45) is 0 Å². The van der Waals surface area contributed by atoms with Gasteiger partial charge < -0.3 is 19.5 Å². The lowest BCUT2D eigenvalue weighted by Crippen LogP contribution is -2.29. The van der Waals surface area contributed by atoms with E-state index in [-0.39, 0.29) is 6.79 Å². The molecule has 1 aromatic carbocycles. The van der Waals surface area contributed by atoms with Crippen molar-refractivity contribution >= 4 is 28.9 Å². The normalized spacial score (nSPS) is 15.9. The average molecular weight is 373 g/mol. The van der Waals surface area contributed by atoms with Crippen LogP contribution in [0.4, 0.5) is 5.69 Å². The SMILES string of the molecule is C[C@H](OC(=O)c1cc2c(s1)CCCC2)C(=O)Nc1ccc2c(c1)OCO2. The van der Waals surface area contributed by atoms with Crippen molar-refractivity contribution < 1.29 is 23.8 Å². The first-order valence-electron chi connectivity index (χ1n) is 8.63. The molecule has 1 N–H and O–H groups in total. The lowest BCUT2D eigenvalue weighted by atomic mass is 9.99. The number of nitrogens with one attached hydrogen (secondary N) is 1. The number of hydrogen-bond donors (Lipinski definition) is 1. The first kappa shape index (κ1) is 16.9. The van der Waals surface area contributed by atoms with Crippen LogP contribution in [0.1, 0.15) is 39.9 Å². The van der Waals surface area contributed by atoms with Crippen LogP contribution < -0.4 is 14.8 Å². The van der Waals surface area contributed by atoms with Crippen molar-refractivity contribution in [1.82, 2.24) is 0 Å². The maximum absolute atomic E-state index is 12.4. The van der Waals surface area contributed by atoms with Gasteiger partial charge >= 0.3 is 5.97 Å². The number of benzene rings is 1. The van der Waals surface area contributed by atoms with Gasteiger partial charge in [0.15, 0.2) is 17.6 Å². The van der Waals surface area contributed by atoms with Gasteiger partial charge in [0.25, 0.3) is 5.91 Å². The van der Waals surface area contributed by atoms with Crippen LogP contribution in [0.3, 0.4) is 0 Å². The molecule has 136 valence electrons. The van der Waals surface area contributed by atoms with Gasteiger partial charge in [0.1, 0.15) is 4.88 Å². The summed E-state index contributed by atoms with van der Waals surface area (Å²) in [6, 6.07) is 7.03. The summed E-state index contributed by atoms with van der Waals surface area (Å²) >= 11 is 1.48. The smallest absolute Gasteiger partial charge is 0.349 e. The van der Waals surface area contributed by atoms with Crippen molar-refractivity contribution in [3.8, 4) is 11.5 Å². The second-order valence-corrected chi connectivity index (χ2v) is 7.51. The Kier molecular flexibility index (Phi) is 4.55. The van der Waals surface area contributed by atoms with Gasteiger partial charge in [-0.1, -0.05) is 0 Å². The largest absolute Gasteiger partial charge is 0.454 e. The van der Waals surface area contributed by atoms with Gasteiger partial charge in [-0.2, -0.15) is 0 Å². The first-order chi connectivity index (χ1) is 12.6. The summed E-state index contributed by atoms with van der Waals surface area (Å²) in [5.41, 5.74) is 1.81. The summed E-state index contributed by atoms with van der Waals surface area (Å²) in [5.74, 6) is 0.386. The van der Waals surface area contributed by atoms with Gasteiger partial charge in [-0.25, -0.2) is 4.79 Å². The van der Waals surface area contributed by atoms with Crippen LogP contribution in [-0.2, 0) is 22.4 Å². The van der Waals surface area contributed by atoms with E-state index in [2.05, 4.69) is 5.32 Å². The molecule has 1 aliphatic heterocycles. The van der Waals surface area contributed by atoms with E-state index in [1.165, 1.54) is 21.8 Å². The van der Waals surface area contributed by atoms with Crippen molar-refractivity contribution in [3.63, 3.8) is 0 Å². The van der Waals surface area contributed by atoms with E-state index in [9.17, 15) is 9.59 Å². The highest BCUT2D eigenvalue weighted by Gasteiger charge is 2.23. The number of aryl methyl sites for hydroxylation is 2. The maximum Gasteiger partial charge on any atom is 0.349 e. The average Bonchev–Trinajstić information content (AvgIpc) is 3.27.